The highest BCUT2D eigenvalue weighted by Crippen LogP contribution is 2.10. The Kier molecular flexibility index (Phi) is 8.40. The second kappa shape index (κ2) is 10.0. The fourth-order valence-corrected chi connectivity index (χ4v) is 2.59. The van der Waals surface area contributed by atoms with Crippen LogP contribution in [-0.2, 0) is 17.9 Å². The lowest BCUT2D eigenvalue weighted by molar-refractivity contribution is -0.118. The summed E-state index contributed by atoms with van der Waals surface area (Å²) in [4.78, 5) is 25.0. The molecule has 6 nitrogen and oxygen atoms in total. The maximum absolute atomic E-state index is 11.8. The summed E-state index contributed by atoms with van der Waals surface area (Å²) in [6, 6.07) is 1.52. The van der Waals surface area contributed by atoms with Crippen molar-refractivity contribution in [1.82, 2.24) is 14.8 Å². The third-order valence-corrected chi connectivity index (χ3v) is 3.61. The van der Waals surface area contributed by atoms with Gasteiger partial charge in [0.25, 0.3) is 0 Å². The normalized spacial score (nSPS) is 11.0. The highest BCUT2D eigenvalue weighted by atomic mass is 16.3. The third-order valence-electron chi connectivity index (χ3n) is 3.61. The van der Waals surface area contributed by atoms with Crippen molar-refractivity contribution in [3.63, 3.8) is 0 Å². The van der Waals surface area contributed by atoms with Gasteiger partial charge in [0.15, 0.2) is 5.75 Å². The SMILES string of the molecule is CCCN(CCC)Cc1cc(=O)c(O)cn1CCCNC(C)=O. The van der Waals surface area contributed by atoms with Crippen LogP contribution in [-0.4, -0.2) is 40.1 Å². The lowest BCUT2D eigenvalue weighted by atomic mass is 10.2. The number of rotatable bonds is 10. The highest BCUT2D eigenvalue weighted by molar-refractivity contribution is 5.72. The number of aryl methyl sites for hydroxylation is 1. The van der Waals surface area contributed by atoms with Crippen molar-refractivity contribution in [3.05, 3.63) is 28.2 Å². The van der Waals surface area contributed by atoms with Gasteiger partial charge in [-0.1, -0.05) is 13.8 Å². The van der Waals surface area contributed by atoms with Gasteiger partial charge in [0.2, 0.25) is 11.3 Å². The molecule has 0 aliphatic rings. The maximum atomic E-state index is 11.8. The van der Waals surface area contributed by atoms with Crippen LogP contribution < -0.4 is 10.7 Å². The third kappa shape index (κ3) is 6.86. The molecule has 0 saturated heterocycles. The minimum absolute atomic E-state index is 0.0509. The average molecular weight is 323 g/mol. The first kappa shape index (κ1) is 19.2. The zero-order valence-corrected chi connectivity index (χ0v) is 14.5. The van der Waals surface area contributed by atoms with Crippen molar-refractivity contribution >= 4 is 5.91 Å². The molecule has 1 aromatic heterocycles. The first-order valence-corrected chi connectivity index (χ1v) is 8.37. The Hall–Kier alpha value is -1.82. The summed E-state index contributed by atoms with van der Waals surface area (Å²) >= 11 is 0. The van der Waals surface area contributed by atoms with Crippen LogP contribution in [0, 0.1) is 0 Å². The van der Waals surface area contributed by atoms with Gasteiger partial charge in [0, 0.05) is 38.3 Å². The lowest BCUT2D eigenvalue weighted by Gasteiger charge is -2.23. The molecule has 0 spiro atoms. The van der Waals surface area contributed by atoms with Crippen molar-refractivity contribution in [3.8, 4) is 5.75 Å². The molecule has 23 heavy (non-hydrogen) atoms. The Morgan fingerprint density at radius 1 is 1.30 bits per heavy atom. The Morgan fingerprint density at radius 3 is 2.52 bits per heavy atom. The Bertz CT molecular complexity index is 549. The Balaban J connectivity index is 2.84. The van der Waals surface area contributed by atoms with Gasteiger partial charge in [0.1, 0.15) is 0 Å². The number of aromatic nitrogens is 1. The van der Waals surface area contributed by atoms with E-state index in [0.29, 0.717) is 19.6 Å². The number of nitrogens with one attached hydrogen (secondary N) is 1. The number of aromatic hydroxyl groups is 1. The van der Waals surface area contributed by atoms with Gasteiger partial charge < -0.3 is 15.0 Å². The van der Waals surface area contributed by atoms with Crippen molar-refractivity contribution in [1.29, 1.82) is 0 Å². The summed E-state index contributed by atoms with van der Waals surface area (Å²) in [5.41, 5.74) is 0.559. The van der Waals surface area contributed by atoms with E-state index in [1.165, 1.54) is 19.2 Å². The monoisotopic (exact) mass is 323 g/mol. The van der Waals surface area contributed by atoms with E-state index in [4.69, 9.17) is 0 Å². The van der Waals surface area contributed by atoms with Crippen molar-refractivity contribution in [2.24, 2.45) is 0 Å². The minimum Gasteiger partial charge on any atom is -0.503 e. The van der Waals surface area contributed by atoms with E-state index < -0.39 is 0 Å². The lowest BCUT2D eigenvalue weighted by Crippen LogP contribution is -2.28. The van der Waals surface area contributed by atoms with Crippen LogP contribution in [0.5, 0.6) is 5.75 Å². The molecule has 1 amide bonds. The summed E-state index contributed by atoms with van der Waals surface area (Å²) in [5, 5.41) is 12.4. The predicted octanol–water partition coefficient (Wildman–Crippen LogP) is 1.70. The number of hydrogen-bond donors (Lipinski definition) is 2. The molecule has 0 atom stereocenters. The van der Waals surface area contributed by atoms with Crippen LogP contribution in [0.2, 0.25) is 0 Å². The summed E-state index contributed by atoms with van der Waals surface area (Å²) in [6.45, 7) is 9.65. The molecule has 0 unspecified atom stereocenters. The van der Waals surface area contributed by atoms with Crippen LogP contribution in [0.1, 0.15) is 45.7 Å². The number of hydrogen-bond acceptors (Lipinski definition) is 4. The van der Waals surface area contributed by atoms with Crippen LogP contribution in [0.15, 0.2) is 17.1 Å². The second-order valence-corrected chi connectivity index (χ2v) is 5.82. The van der Waals surface area contributed by atoms with Gasteiger partial charge in [0.05, 0.1) is 6.20 Å². The summed E-state index contributed by atoms with van der Waals surface area (Å²) in [7, 11) is 0. The van der Waals surface area contributed by atoms with Gasteiger partial charge in [-0.15, -0.1) is 0 Å². The molecule has 130 valence electrons. The minimum atomic E-state index is -0.342. The zero-order chi connectivity index (χ0) is 17.2. The number of amides is 1. The molecule has 0 radical (unpaired) electrons. The molecule has 6 heteroatoms. The first-order valence-electron chi connectivity index (χ1n) is 8.37. The van der Waals surface area contributed by atoms with Gasteiger partial charge >= 0.3 is 0 Å². The van der Waals surface area contributed by atoms with Crippen LogP contribution in [0.4, 0.5) is 0 Å². The molecule has 1 aromatic rings. The van der Waals surface area contributed by atoms with Gasteiger partial charge in [-0.3, -0.25) is 14.5 Å². The van der Waals surface area contributed by atoms with Crippen molar-refractivity contribution in [2.75, 3.05) is 19.6 Å². The molecule has 0 aromatic carbocycles. The number of carbonyl (C=O) groups excluding carboxylic acids is 1. The van der Waals surface area contributed by atoms with Gasteiger partial charge in [-0.2, -0.15) is 0 Å². The average Bonchev–Trinajstić information content (AvgIpc) is 2.48. The Morgan fingerprint density at radius 2 is 1.96 bits per heavy atom. The fraction of sp³-hybridized carbons (Fsp3) is 0.647. The standard InChI is InChI=1S/C17H29N3O3/c1-4-8-19(9-5-2)12-15-11-16(22)17(23)13-20(15)10-6-7-18-14(3)21/h11,13,23H,4-10,12H2,1-3H3,(H,18,21). The summed E-state index contributed by atoms with van der Waals surface area (Å²) in [6.07, 6.45) is 4.37. The van der Waals surface area contributed by atoms with Crippen molar-refractivity contribution < 1.29 is 9.90 Å². The summed E-state index contributed by atoms with van der Waals surface area (Å²) in [5.74, 6) is -0.282. The predicted molar refractivity (Wildman–Crippen MR) is 91.5 cm³/mol. The molecule has 1 rings (SSSR count). The van der Waals surface area contributed by atoms with E-state index in [0.717, 1.165) is 38.0 Å². The highest BCUT2D eigenvalue weighted by Gasteiger charge is 2.10. The van der Waals surface area contributed by atoms with Crippen molar-refractivity contribution in [2.45, 2.75) is 53.1 Å². The summed E-state index contributed by atoms with van der Waals surface area (Å²) < 4.78 is 1.91. The molecule has 0 saturated carbocycles. The van der Waals surface area contributed by atoms with E-state index in [1.807, 2.05) is 4.57 Å². The van der Waals surface area contributed by atoms with E-state index in [-0.39, 0.29) is 17.1 Å². The van der Waals surface area contributed by atoms with E-state index in [9.17, 15) is 14.7 Å². The molecule has 0 aliphatic heterocycles. The smallest absolute Gasteiger partial charge is 0.223 e. The number of pyridine rings is 1. The molecule has 0 fully saturated rings. The van der Waals surface area contributed by atoms with Crippen LogP contribution in [0.3, 0.4) is 0 Å². The van der Waals surface area contributed by atoms with E-state index in [1.54, 1.807) is 0 Å². The molecular formula is C17H29N3O3. The quantitative estimate of drug-likeness (QED) is 0.643. The van der Waals surface area contributed by atoms with Gasteiger partial charge in [-0.25, -0.2) is 0 Å². The molecule has 0 aliphatic carbocycles. The van der Waals surface area contributed by atoms with Gasteiger partial charge in [-0.05, 0) is 32.4 Å². The largest absolute Gasteiger partial charge is 0.503 e. The molecule has 2 N–H and O–H groups in total. The molecular weight excluding hydrogens is 294 g/mol. The molecule has 1 heterocycles. The van der Waals surface area contributed by atoms with E-state index >= 15 is 0 Å². The Labute approximate surface area is 138 Å². The topological polar surface area (TPSA) is 74.6 Å². The first-order chi connectivity index (χ1) is 11.0. The van der Waals surface area contributed by atoms with Crippen LogP contribution >= 0.6 is 0 Å². The van der Waals surface area contributed by atoms with E-state index in [2.05, 4.69) is 24.1 Å². The maximum Gasteiger partial charge on any atom is 0.223 e. The second-order valence-electron chi connectivity index (χ2n) is 5.82. The van der Waals surface area contributed by atoms with Crippen LogP contribution in [0.25, 0.3) is 0 Å². The zero-order valence-electron chi connectivity index (χ0n) is 14.5. The fourth-order valence-electron chi connectivity index (χ4n) is 2.59. The molecule has 0 bridgehead atoms. The number of carbonyl (C=O) groups is 1. The number of nitrogens with zero attached hydrogens (tertiary/aromatic N) is 2.